The van der Waals surface area contributed by atoms with Crippen molar-refractivity contribution in [3.05, 3.63) is 60.8 Å². The van der Waals surface area contributed by atoms with Crippen molar-refractivity contribution >= 4 is 11.7 Å². The molecule has 0 saturated heterocycles. The summed E-state index contributed by atoms with van der Waals surface area (Å²) >= 11 is 0. The number of hydrogen-bond donors (Lipinski definition) is 1. The molecular formula is C19H15FN4O. The Morgan fingerprint density at radius 3 is 2.56 bits per heavy atom. The highest BCUT2D eigenvalue weighted by Crippen LogP contribution is 2.33. The zero-order chi connectivity index (χ0) is 17.2. The molecule has 1 N–H and O–H groups in total. The van der Waals surface area contributed by atoms with Crippen LogP contribution < -0.4 is 5.32 Å². The quantitative estimate of drug-likeness (QED) is 0.790. The van der Waals surface area contributed by atoms with Gasteiger partial charge in [-0.1, -0.05) is 12.1 Å². The summed E-state index contributed by atoms with van der Waals surface area (Å²) in [5.74, 6) is -0.0743. The number of halogens is 1. The van der Waals surface area contributed by atoms with Crippen LogP contribution in [0, 0.1) is 11.7 Å². The van der Waals surface area contributed by atoms with Gasteiger partial charge in [0.2, 0.25) is 5.91 Å². The van der Waals surface area contributed by atoms with Crippen LogP contribution in [0.4, 0.5) is 10.2 Å². The number of rotatable bonds is 4. The number of hydrogen-bond acceptors (Lipinski definition) is 4. The third-order valence-corrected chi connectivity index (χ3v) is 4.05. The van der Waals surface area contributed by atoms with Gasteiger partial charge in [0.05, 0.1) is 11.9 Å². The second-order valence-electron chi connectivity index (χ2n) is 5.93. The predicted molar refractivity (Wildman–Crippen MR) is 92.0 cm³/mol. The molecule has 124 valence electrons. The van der Waals surface area contributed by atoms with E-state index in [0.717, 1.165) is 18.4 Å². The Kier molecular flexibility index (Phi) is 3.93. The lowest BCUT2D eigenvalue weighted by Crippen LogP contribution is -2.15. The van der Waals surface area contributed by atoms with E-state index in [4.69, 9.17) is 0 Å². The molecular weight excluding hydrogens is 319 g/mol. The fraction of sp³-hybridized carbons (Fsp3) is 0.158. The van der Waals surface area contributed by atoms with Crippen molar-refractivity contribution in [1.82, 2.24) is 15.0 Å². The van der Waals surface area contributed by atoms with E-state index >= 15 is 0 Å². The number of nitrogens with one attached hydrogen (secondary N) is 1. The molecule has 1 saturated carbocycles. The van der Waals surface area contributed by atoms with Crippen LogP contribution in [0.1, 0.15) is 12.8 Å². The first-order chi connectivity index (χ1) is 12.2. The van der Waals surface area contributed by atoms with Gasteiger partial charge in [0.15, 0.2) is 5.82 Å². The zero-order valence-electron chi connectivity index (χ0n) is 13.3. The molecule has 0 spiro atoms. The Bertz CT molecular complexity index is 926. The van der Waals surface area contributed by atoms with Gasteiger partial charge in [-0.2, -0.15) is 0 Å². The minimum atomic E-state index is -0.391. The van der Waals surface area contributed by atoms with E-state index in [2.05, 4.69) is 20.3 Å². The van der Waals surface area contributed by atoms with Crippen LogP contribution in [0.15, 0.2) is 55.0 Å². The molecule has 1 aromatic carbocycles. The Morgan fingerprint density at radius 2 is 1.84 bits per heavy atom. The summed E-state index contributed by atoms with van der Waals surface area (Å²) in [6, 6.07) is 9.97. The Labute approximate surface area is 144 Å². The third kappa shape index (κ3) is 3.24. The molecule has 2 heterocycles. The second kappa shape index (κ2) is 6.39. The van der Waals surface area contributed by atoms with E-state index in [1.165, 1.54) is 12.3 Å². The molecule has 1 aliphatic carbocycles. The smallest absolute Gasteiger partial charge is 0.228 e. The van der Waals surface area contributed by atoms with Crippen LogP contribution in [-0.4, -0.2) is 20.9 Å². The van der Waals surface area contributed by atoms with E-state index in [1.54, 1.807) is 42.7 Å². The number of nitrogens with zero attached hydrogens (tertiary/aromatic N) is 3. The first-order valence-corrected chi connectivity index (χ1v) is 8.05. The molecule has 25 heavy (non-hydrogen) atoms. The number of carbonyl (C=O) groups excluding carboxylic acids is 1. The molecule has 0 aliphatic heterocycles. The van der Waals surface area contributed by atoms with Crippen molar-refractivity contribution in [3.8, 4) is 22.5 Å². The normalized spacial score (nSPS) is 13.5. The fourth-order valence-electron chi connectivity index (χ4n) is 2.59. The summed E-state index contributed by atoms with van der Waals surface area (Å²) in [7, 11) is 0. The maximum Gasteiger partial charge on any atom is 0.228 e. The Balaban J connectivity index is 1.81. The first kappa shape index (κ1) is 15.4. The van der Waals surface area contributed by atoms with E-state index in [9.17, 15) is 9.18 Å². The molecule has 2 aromatic heterocycles. The van der Waals surface area contributed by atoms with Gasteiger partial charge in [0, 0.05) is 29.4 Å². The average molecular weight is 334 g/mol. The maximum absolute atomic E-state index is 14.3. The standard InChI is InChI=1S/C19H15FN4O/c20-15-4-2-1-3-14(15)18-17(12-7-9-21-10-8-12)22-11-16(23-18)24-19(25)13-5-6-13/h1-4,7-11,13H,5-6H2,(H,23,24,25). The zero-order valence-corrected chi connectivity index (χ0v) is 13.3. The van der Waals surface area contributed by atoms with Gasteiger partial charge in [-0.15, -0.1) is 0 Å². The minimum absolute atomic E-state index is 0.0542. The van der Waals surface area contributed by atoms with Crippen molar-refractivity contribution in [2.45, 2.75) is 12.8 Å². The first-order valence-electron chi connectivity index (χ1n) is 8.05. The number of aromatic nitrogens is 3. The number of carbonyl (C=O) groups is 1. The van der Waals surface area contributed by atoms with Crippen LogP contribution >= 0.6 is 0 Å². The highest BCUT2D eigenvalue weighted by molar-refractivity contribution is 5.93. The van der Waals surface area contributed by atoms with Crippen LogP contribution in [0.5, 0.6) is 0 Å². The van der Waals surface area contributed by atoms with Gasteiger partial charge in [0.25, 0.3) is 0 Å². The van der Waals surface area contributed by atoms with Gasteiger partial charge < -0.3 is 5.32 Å². The van der Waals surface area contributed by atoms with Crippen molar-refractivity contribution in [2.75, 3.05) is 5.32 Å². The highest BCUT2D eigenvalue weighted by Gasteiger charge is 2.30. The number of benzene rings is 1. The lowest BCUT2D eigenvalue weighted by atomic mass is 10.0. The Hall–Kier alpha value is -3.15. The topological polar surface area (TPSA) is 67.8 Å². The van der Waals surface area contributed by atoms with Crippen LogP contribution in [-0.2, 0) is 4.79 Å². The SMILES string of the molecule is O=C(Nc1cnc(-c2ccncc2)c(-c2ccccc2F)n1)C1CC1. The highest BCUT2D eigenvalue weighted by atomic mass is 19.1. The summed E-state index contributed by atoms with van der Waals surface area (Å²) in [5.41, 5.74) is 2.04. The van der Waals surface area contributed by atoms with E-state index in [-0.39, 0.29) is 11.8 Å². The van der Waals surface area contributed by atoms with Gasteiger partial charge in [-0.3, -0.25) is 14.8 Å². The van der Waals surface area contributed by atoms with Crippen molar-refractivity contribution in [2.24, 2.45) is 5.92 Å². The largest absolute Gasteiger partial charge is 0.309 e. The Morgan fingerprint density at radius 1 is 1.08 bits per heavy atom. The molecule has 6 heteroatoms. The molecule has 4 rings (SSSR count). The van der Waals surface area contributed by atoms with Crippen molar-refractivity contribution in [1.29, 1.82) is 0 Å². The molecule has 0 atom stereocenters. The summed E-state index contributed by atoms with van der Waals surface area (Å²) in [6.07, 6.45) is 6.58. The fourth-order valence-corrected chi connectivity index (χ4v) is 2.59. The predicted octanol–water partition coefficient (Wildman–Crippen LogP) is 3.69. The number of anilines is 1. The molecule has 0 unspecified atom stereocenters. The summed E-state index contributed by atoms with van der Waals surface area (Å²) < 4.78 is 14.3. The van der Waals surface area contributed by atoms with Gasteiger partial charge in [-0.25, -0.2) is 9.37 Å². The molecule has 3 aromatic rings. The van der Waals surface area contributed by atoms with Crippen LogP contribution in [0.3, 0.4) is 0 Å². The molecule has 5 nitrogen and oxygen atoms in total. The van der Waals surface area contributed by atoms with Gasteiger partial charge in [-0.05, 0) is 37.1 Å². The third-order valence-electron chi connectivity index (χ3n) is 4.05. The molecule has 1 amide bonds. The monoisotopic (exact) mass is 334 g/mol. The molecule has 1 aliphatic rings. The van der Waals surface area contributed by atoms with Crippen molar-refractivity contribution < 1.29 is 9.18 Å². The number of pyridine rings is 1. The molecule has 1 fully saturated rings. The minimum Gasteiger partial charge on any atom is -0.309 e. The summed E-state index contributed by atoms with van der Waals surface area (Å²) in [5, 5.41) is 2.76. The van der Waals surface area contributed by atoms with Gasteiger partial charge >= 0.3 is 0 Å². The van der Waals surface area contributed by atoms with E-state index in [1.807, 2.05) is 0 Å². The molecule has 0 bridgehead atoms. The second-order valence-corrected chi connectivity index (χ2v) is 5.93. The lowest BCUT2D eigenvalue weighted by molar-refractivity contribution is -0.117. The van der Waals surface area contributed by atoms with E-state index < -0.39 is 5.82 Å². The summed E-state index contributed by atoms with van der Waals surface area (Å²) in [4.78, 5) is 24.9. The summed E-state index contributed by atoms with van der Waals surface area (Å²) in [6.45, 7) is 0. The van der Waals surface area contributed by atoms with Crippen LogP contribution in [0.25, 0.3) is 22.5 Å². The average Bonchev–Trinajstić information content (AvgIpc) is 3.48. The number of amides is 1. The lowest BCUT2D eigenvalue weighted by Gasteiger charge is -2.11. The van der Waals surface area contributed by atoms with Gasteiger partial charge in [0.1, 0.15) is 11.5 Å². The maximum atomic E-state index is 14.3. The van der Waals surface area contributed by atoms with E-state index in [0.29, 0.717) is 22.8 Å². The van der Waals surface area contributed by atoms with Crippen molar-refractivity contribution in [3.63, 3.8) is 0 Å². The van der Waals surface area contributed by atoms with Crippen LogP contribution in [0.2, 0.25) is 0 Å². The molecule has 0 radical (unpaired) electrons.